The Kier molecular flexibility index (Phi) is 10.7. The standard InChI is InChI=1S/C39H40N6O5/c1-26-21-30-22-31(16-17-34(30)50-26)42-37(43-33-11-5-6-20-45(39(33)49)25-35(46)44-18-7-8-19-44)32(23-40)36(47)28-12-14-29(15-13-28)38(48)41-24-27-9-3-2-4-10-27/h2-4,9-10,12-17,21-22,32-33H,5-8,11,18-20,24-25H2,1H3,(H,41,48)(H,42,43)/t32?,33-/m0/s1. The molecule has 3 aromatic carbocycles. The number of amides is 3. The van der Waals surface area contributed by atoms with Gasteiger partial charge in [0.15, 0.2) is 11.7 Å². The molecule has 256 valence electrons. The average Bonchev–Trinajstić information content (AvgIpc) is 3.77. The van der Waals surface area contributed by atoms with E-state index in [4.69, 9.17) is 9.41 Å². The Balaban J connectivity index is 1.25. The van der Waals surface area contributed by atoms with Crippen LogP contribution >= 0.6 is 0 Å². The van der Waals surface area contributed by atoms with Crippen molar-refractivity contribution in [1.82, 2.24) is 15.1 Å². The largest absolute Gasteiger partial charge is 0.461 e. The lowest BCUT2D eigenvalue weighted by Crippen LogP contribution is -2.45. The fraction of sp³-hybridized carbons (Fsp3) is 0.333. The van der Waals surface area contributed by atoms with E-state index in [1.807, 2.05) is 49.4 Å². The number of furan rings is 1. The van der Waals surface area contributed by atoms with Crippen molar-refractivity contribution < 1.29 is 23.6 Å². The molecule has 2 fully saturated rings. The van der Waals surface area contributed by atoms with E-state index in [0.29, 0.717) is 55.9 Å². The van der Waals surface area contributed by atoms with E-state index in [2.05, 4.69) is 16.7 Å². The lowest BCUT2D eigenvalue weighted by molar-refractivity contribution is -0.140. The molecule has 0 aliphatic carbocycles. The molecule has 2 atom stereocenters. The zero-order valence-corrected chi connectivity index (χ0v) is 28.1. The number of anilines is 1. The highest BCUT2D eigenvalue weighted by Gasteiger charge is 2.33. The fourth-order valence-corrected chi connectivity index (χ4v) is 6.42. The van der Waals surface area contributed by atoms with Crippen molar-refractivity contribution in [3.8, 4) is 6.07 Å². The number of amidine groups is 1. The van der Waals surface area contributed by atoms with Gasteiger partial charge in [0, 0.05) is 48.4 Å². The van der Waals surface area contributed by atoms with Gasteiger partial charge in [0.25, 0.3) is 5.91 Å². The van der Waals surface area contributed by atoms with Crippen LogP contribution in [0.25, 0.3) is 11.0 Å². The number of carbonyl (C=O) groups is 4. The Morgan fingerprint density at radius 1 is 0.940 bits per heavy atom. The van der Waals surface area contributed by atoms with E-state index in [1.54, 1.807) is 34.1 Å². The van der Waals surface area contributed by atoms with E-state index in [9.17, 15) is 24.4 Å². The molecule has 11 nitrogen and oxygen atoms in total. The van der Waals surface area contributed by atoms with Gasteiger partial charge in [-0.05, 0) is 81.0 Å². The predicted molar refractivity (Wildman–Crippen MR) is 190 cm³/mol. The number of carbonyl (C=O) groups excluding carboxylic acids is 4. The smallest absolute Gasteiger partial charge is 0.251 e. The number of hydrogen-bond donors (Lipinski definition) is 2. The molecule has 1 aromatic heterocycles. The maximum absolute atomic E-state index is 14.0. The minimum atomic E-state index is -1.38. The SMILES string of the molecule is Cc1cc2cc(NC(=N[C@H]3CCCCN(CC(=O)N4CCCC4)C3=O)C(C#N)C(=O)c3ccc(C(=O)NCc4ccccc4)cc3)ccc2o1. The molecule has 50 heavy (non-hydrogen) atoms. The van der Waals surface area contributed by atoms with Crippen molar-refractivity contribution in [2.45, 2.75) is 51.6 Å². The Morgan fingerprint density at radius 3 is 2.40 bits per heavy atom. The summed E-state index contributed by atoms with van der Waals surface area (Å²) >= 11 is 0. The average molecular weight is 673 g/mol. The molecule has 0 radical (unpaired) electrons. The number of rotatable bonds is 10. The maximum Gasteiger partial charge on any atom is 0.251 e. The van der Waals surface area contributed by atoms with Crippen LogP contribution in [0.5, 0.6) is 0 Å². The Hall–Kier alpha value is -5.76. The molecular weight excluding hydrogens is 632 g/mol. The molecule has 11 heteroatoms. The molecule has 2 saturated heterocycles. The summed E-state index contributed by atoms with van der Waals surface area (Å²) in [6, 6.07) is 24.2. The molecule has 0 spiro atoms. The summed E-state index contributed by atoms with van der Waals surface area (Å²) in [7, 11) is 0. The number of Topliss-reactive ketones (excluding diaryl/α,β-unsaturated/α-hetero) is 1. The molecule has 0 bridgehead atoms. The van der Waals surface area contributed by atoms with Crippen LogP contribution < -0.4 is 10.6 Å². The number of aryl methyl sites for hydroxylation is 1. The third kappa shape index (κ3) is 8.09. The number of likely N-dealkylation sites (tertiary alicyclic amines) is 2. The summed E-state index contributed by atoms with van der Waals surface area (Å²) in [6.45, 7) is 4.02. The van der Waals surface area contributed by atoms with Crippen LogP contribution in [0.1, 0.15) is 64.1 Å². The van der Waals surface area contributed by atoms with Crippen LogP contribution in [0.3, 0.4) is 0 Å². The van der Waals surface area contributed by atoms with Gasteiger partial charge in [0.2, 0.25) is 11.8 Å². The van der Waals surface area contributed by atoms with Crippen LogP contribution in [0.2, 0.25) is 0 Å². The highest BCUT2D eigenvalue weighted by molar-refractivity contribution is 6.18. The number of nitriles is 1. The van der Waals surface area contributed by atoms with Crippen LogP contribution in [0, 0.1) is 24.2 Å². The van der Waals surface area contributed by atoms with Crippen molar-refractivity contribution in [3.05, 3.63) is 101 Å². The van der Waals surface area contributed by atoms with Gasteiger partial charge in [-0.25, -0.2) is 0 Å². The molecule has 6 rings (SSSR count). The first-order valence-corrected chi connectivity index (χ1v) is 17.1. The predicted octanol–water partition coefficient (Wildman–Crippen LogP) is 5.51. The number of benzene rings is 3. The zero-order chi connectivity index (χ0) is 35.0. The monoisotopic (exact) mass is 672 g/mol. The third-order valence-corrected chi connectivity index (χ3v) is 9.14. The van der Waals surface area contributed by atoms with E-state index in [1.165, 1.54) is 12.1 Å². The van der Waals surface area contributed by atoms with E-state index >= 15 is 0 Å². The summed E-state index contributed by atoms with van der Waals surface area (Å²) in [6.07, 6.45) is 3.74. The van der Waals surface area contributed by atoms with Gasteiger partial charge in [-0.3, -0.25) is 24.2 Å². The maximum atomic E-state index is 14.0. The van der Waals surface area contributed by atoms with Crippen molar-refractivity contribution in [2.75, 3.05) is 31.5 Å². The highest BCUT2D eigenvalue weighted by atomic mass is 16.3. The zero-order valence-electron chi connectivity index (χ0n) is 28.1. The van der Waals surface area contributed by atoms with Gasteiger partial charge in [-0.2, -0.15) is 5.26 Å². The molecule has 3 amide bonds. The highest BCUT2D eigenvalue weighted by Crippen LogP contribution is 2.25. The van der Waals surface area contributed by atoms with Gasteiger partial charge >= 0.3 is 0 Å². The second-order valence-electron chi connectivity index (χ2n) is 12.8. The number of fused-ring (bicyclic) bond motifs is 1. The van der Waals surface area contributed by atoms with Crippen LogP contribution in [0.4, 0.5) is 5.69 Å². The number of nitrogens with zero attached hydrogens (tertiary/aromatic N) is 4. The molecule has 2 N–H and O–H groups in total. The Labute approximate surface area is 290 Å². The molecule has 2 aliphatic rings. The molecule has 4 aromatic rings. The van der Waals surface area contributed by atoms with Gasteiger partial charge in [-0.15, -0.1) is 0 Å². The molecular formula is C39H40N6O5. The number of aliphatic imine (C=N–C) groups is 1. The quantitative estimate of drug-likeness (QED) is 0.128. The normalized spacial score (nSPS) is 17.2. The van der Waals surface area contributed by atoms with Crippen molar-refractivity contribution >= 4 is 46.0 Å². The van der Waals surface area contributed by atoms with E-state index in [-0.39, 0.29) is 35.7 Å². The first-order chi connectivity index (χ1) is 24.3. The van der Waals surface area contributed by atoms with E-state index in [0.717, 1.165) is 36.0 Å². The second-order valence-corrected chi connectivity index (χ2v) is 12.8. The molecule has 0 saturated carbocycles. The van der Waals surface area contributed by atoms with Gasteiger partial charge < -0.3 is 24.9 Å². The second kappa shape index (κ2) is 15.6. The van der Waals surface area contributed by atoms with Crippen LogP contribution in [-0.2, 0) is 16.1 Å². The van der Waals surface area contributed by atoms with Gasteiger partial charge in [-0.1, -0.05) is 42.5 Å². The molecule has 1 unspecified atom stereocenters. The lowest BCUT2D eigenvalue weighted by Gasteiger charge is -2.25. The summed E-state index contributed by atoms with van der Waals surface area (Å²) in [5, 5.41) is 17.3. The van der Waals surface area contributed by atoms with Gasteiger partial charge in [0.1, 0.15) is 23.2 Å². The van der Waals surface area contributed by atoms with Crippen molar-refractivity contribution in [1.29, 1.82) is 5.26 Å². The Bertz CT molecular complexity index is 1940. The number of nitrogens with one attached hydrogen (secondary N) is 2. The molecule has 2 aliphatic heterocycles. The first kappa shape index (κ1) is 34.1. The van der Waals surface area contributed by atoms with E-state index < -0.39 is 17.7 Å². The van der Waals surface area contributed by atoms with Crippen LogP contribution in [-0.4, -0.2) is 71.4 Å². The molecule has 3 heterocycles. The summed E-state index contributed by atoms with van der Waals surface area (Å²) < 4.78 is 5.71. The summed E-state index contributed by atoms with van der Waals surface area (Å²) in [5.74, 6) is -1.82. The Morgan fingerprint density at radius 2 is 1.66 bits per heavy atom. The van der Waals surface area contributed by atoms with Gasteiger partial charge in [0.05, 0.1) is 12.6 Å². The first-order valence-electron chi connectivity index (χ1n) is 17.1. The number of hydrogen-bond acceptors (Lipinski definition) is 7. The summed E-state index contributed by atoms with van der Waals surface area (Å²) in [5.41, 5.74) is 2.80. The fourth-order valence-electron chi connectivity index (χ4n) is 6.42. The van der Waals surface area contributed by atoms with Crippen molar-refractivity contribution in [2.24, 2.45) is 10.9 Å². The minimum Gasteiger partial charge on any atom is -0.461 e. The summed E-state index contributed by atoms with van der Waals surface area (Å²) in [4.78, 5) is 61.7. The lowest BCUT2D eigenvalue weighted by atomic mass is 9.96. The number of ketones is 1. The topological polar surface area (TPSA) is 148 Å². The van der Waals surface area contributed by atoms with Crippen molar-refractivity contribution in [3.63, 3.8) is 0 Å². The minimum absolute atomic E-state index is 0.0179. The van der Waals surface area contributed by atoms with Crippen LogP contribution in [0.15, 0.2) is 88.3 Å². The third-order valence-electron chi connectivity index (χ3n) is 9.14.